The number of aromatic nitrogens is 4. The molecule has 0 spiro atoms. The molecule has 3 heterocycles. The summed E-state index contributed by atoms with van der Waals surface area (Å²) in [6, 6.07) is 13.8. The summed E-state index contributed by atoms with van der Waals surface area (Å²) in [4.78, 5) is 39.6. The third-order valence-electron chi connectivity index (χ3n) is 6.33. The largest absolute Gasteiger partial charge is 0.573 e. The molecule has 0 aliphatic carbocycles. The number of alkyl halides is 3. The number of ether oxygens (including phenoxy) is 1. The predicted molar refractivity (Wildman–Crippen MR) is 161 cm³/mol. The van der Waals surface area contributed by atoms with Gasteiger partial charge in [0.1, 0.15) is 17.9 Å². The number of nitrogens with zero attached hydrogens (tertiary/aromatic N) is 6. The van der Waals surface area contributed by atoms with Gasteiger partial charge in [0, 0.05) is 0 Å². The highest BCUT2D eigenvalue weighted by atomic mass is 32.2. The fourth-order valence-electron chi connectivity index (χ4n) is 4.30. The Morgan fingerprint density at radius 2 is 1.89 bits per heavy atom. The normalized spacial score (nSPS) is 14.4. The van der Waals surface area contributed by atoms with E-state index in [-0.39, 0.29) is 35.7 Å². The summed E-state index contributed by atoms with van der Waals surface area (Å²) in [5.74, 6) is 0.576. The number of benzene rings is 2. The standard InChI is InChI=1S/C29H27F3N8O3S/c1-17(2)22-10-4-18(3)12-23(22)40-26(41)15-44-28(40)37-27(42)36-24-11-5-19(13-34-24)33-14-25-35-16-39(38-25)20-6-8-21(9-7-20)43-29(30,31)32/h4-13,16-17,33H,14-15H2,1-3H3,(H,34,36,42)/b37-28-. The topological polar surface area (TPSA) is 127 Å². The van der Waals surface area contributed by atoms with Gasteiger partial charge in [-0.1, -0.05) is 37.7 Å². The Hall–Kier alpha value is -4.92. The van der Waals surface area contributed by atoms with E-state index in [9.17, 15) is 22.8 Å². The molecule has 2 aromatic carbocycles. The lowest BCUT2D eigenvalue weighted by Gasteiger charge is -2.22. The summed E-state index contributed by atoms with van der Waals surface area (Å²) in [7, 11) is 0. The lowest BCUT2D eigenvalue weighted by Crippen LogP contribution is -2.31. The molecule has 3 amide bonds. The van der Waals surface area contributed by atoms with Gasteiger partial charge in [-0.3, -0.25) is 15.0 Å². The first-order valence-corrected chi connectivity index (χ1v) is 14.4. The van der Waals surface area contributed by atoms with E-state index >= 15 is 0 Å². The maximum absolute atomic E-state index is 12.8. The second kappa shape index (κ2) is 12.8. The smallest absolute Gasteiger partial charge is 0.406 e. The number of aryl methyl sites for hydroxylation is 1. The van der Waals surface area contributed by atoms with Crippen LogP contribution in [0.5, 0.6) is 5.75 Å². The number of hydrogen-bond donors (Lipinski definition) is 2. The fraction of sp³-hybridized carbons (Fsp3) is 0.241. The van der Waals surface area contributed by atoms with Gasteiger partial charge in [-0.05, 0) is 66.4 Å². The van der Waals surface area contributed by atoms with Crippen LogP contribution < -0.4 is 20.3 Å². The van der Waals surface area contributed by atoms with Crippen LogP contribution in [0.15, 0.2) is 72.1 Å². The number of pyridine rings is 1. The maximum atomic E-state index is 12.8. The van der Waals surface area contributed by atoms with E-state index in [1.165, 1.54) is 58.1 Å². The van der Waals surface area contributed by atoms with E-state index in [0.29, 0.717) is 22.4 Å². The molecule has 0 radical (unpaired) electrons. The zero-order chi connectivity index (χ0) is 31.4. The van der Waals surface area contributed by atoms with Crippen LogP contribution in [0.1, 0.15) is 36.7 Å². The van der Waals surface area contributed by atoms with Crippen LogP contribution in [0.2, 0.25) is 0 Å². The molecule has 1 saturated heterocycles. The number of carbonyl (C=O) groups excluding carboxylic acids is 2. The number of amides is 3. The first kappa shape index (κ1) is 30.5. The van der Waals surface area contributed by atoms with E-state index in [1.807, 2.05) is 39.0 Å². The third-order valence-corrected chi connectivity index (χ3v) is 7.26. The summed E-state index contributed by atoms with van der Waals surface area (Å²) in [5.41, 5.74) is 3.84. The van der Waals surface area contributed by atoms with Crippen LogP contribution >= 0.6 is 11.8 Å². The van der Waals surface area contributed by atoms with Crippen LogP contribution in [0, 0.1) is 6.92 Å². The highest BCUT2D eigenvalue weighted by Gasteiger charge is 2.33. The number of nitrogens with one attached hydrogen (secondary N) is 2. The summed E-state index contributed by atoms with van der Waals surface area (Å²) < 4.78 is 42.4. The molecular formula is C29H27F3N8O3S. The lowest BCUT2D eigenvalue weighted by molar-refractivity contribution is -0.274. The minimum absolute atomic E-state index is 0.143. The number of rotatable bonds is 8. The van der Waals surface area contributed by atoms with Gasteiger partial charge in [-0.25, -0.2) is 19.4 Å². The highest BCUT2D eigenvalue weighted by Crippen LogP contribution is 2.34. The number of hydrogen-bond acceptors (Lipinski definition) is 8. The van der Waals surface area contributed by atoms with E-state index < -0.39 is 12.4 Å². The van der Waals surface area contributed by atoms with Gasteiger partial charge >= 0.3 is 12.4 Å². The Balaban J connectivity index is 1.18. The molecule has 5 rings (SSSR count). The van der Waals surface area contributed by atoms with Crippen molar-refractivity contribution >= 4 is 46.1 Å². The highest BCUT2D eigenvalue weighted by molar-refractivity contribution is 8.15. The molecule has 1 aliphatic rings. The van der Waals surface area contributed by atoms with Gasteiger partial charge in [-0.2, -0.15) is 4.99 Å². The Kier molecular flexibility index (Phi) is 8.85. The van der Waals surface area contributed by atoms with E-state index in [1.54, 1.807) is 12.1 Å². The zero-order valence-electron chi connectivity index (χ0n) is 23.8. The molecule has 44 heavy (non-hydrogen) atoms. The number of aliphatic imine (C=N–C) groups is 1. The number of anilines is 3. The number of amidine groups is 1. The molecule has 2 N–H and O–H groups in total. The lowest BCUT2D eigenvalue weighted by atomic mass is 9.99. The monoisotopic (exact) mass is 624 g/mol. The van der Waals surface area contributed by atoms with Crippen molar-refractivity contribution in [1.29, 1.82) is 0 Å². The summed E-state index contributed by atoms with van der Waals surface area (Å²) in [5, 5.41) is 10.4. The first-order valence-electron chi connectivity index (χ1n) is 13.4. The van der Waals surface area contributed by atoms with Crippen LogP contribution in [0.3, 0.4) is 0 Å². The fourth-order valence-corrected chi connectivity index (χ4v) is 5.16. The van der Waals surface area contributed by atoms with Crippen molar-refractivity contribution in [3.8, 4) is 11.4 Å². The Bertz CT molecular complexity index is 1690. The van der Waals surface area contributed by atoms with Crippen molar-refractivity contribution in [2.75, 3.05) is 21.3 Å². The molecule has 0 bridgehead atoms. The average Bonchev–Trinajstić information content (AvgIpc) is 3.58. The van der Waals surface area contributed by atoms with Gasteiger partial charge in [-0.15, -0.1) is 18.3 Å². The van der Waals surface area contributed by atoms with E-state index in [2.05, 4.69) is 35.4 Å². The van der Waals surface area contributed by atoms with Gasteiger partial charge in [0.2, 0.25) is 5.91 Å². The first-order chi connectivity index (χ1) is 20.9. The number of carbonyl (C=O) groups is 2. The number of halogens is 3. The molecule has 0 atom stereocenters. The van der Waals surface area contributed by atoms with Crippen molar-refractivity contribution in [3.05, 3.63) is 84.1 Å². The van der Waals surface area contributed by atoms with Gasteiger partial charge in [0.15, 0.2) is 11.0 Å². The summed E-state index contributed by atoms with van der Waals surface area (Å²) >= 11 is 1.20. The van der Waals surface area contributed by atoms with Crippen LogP contribution in [-0.4, -0.2) is 49.0 Å². The Labute approximate surface area is 254 Å². The van der Waals surface area contributed by atoms with Gasteiger partial charge < -0.3 is 10.1 Å². The quantitative estimate of drug-likeness (QED) is 0.235. The van der Waals surface area contributed by atoms with Gasteiger partial charge in [0.25, 0.3) is 0 Å². The molecule has 1 aliphatic heterocycles. The van der Waals surface area contributed by atoms with Crippen molar-refractivity contribution in [3.63, 3.8) is 0 Å². The molecular weight excluding hydrogens is 597 g/mol. The minimum Gasteiger partial charge on any atom is -0.406 e. The van der Waals surface area contributed by atoms with Crippen molar-refractivity contribution in [2.45, 2.75) is 39.6 Å². The Morgan fingerprint density at radius 1 is 1.11 bits per heavy atom. The molecule has 0 unspecified atom stereocenters. The molecule has 15 heteroatoms. The van der Waals surface area contributed by atoms with E-state index in [4.69, 9.17) is 0 Å². The second-order valence-corrected chi connectivity index (χ2v) is 10.9. The molecule has 1 fully saturated rings. The molecule has 228 valence electrons. The van der Waals surface area contributed by atoms with Gasteiger partial charge in [0.05, 0.1) is 35.6 Å². The van der Waals surface area contributed by atoms with E-state index in [0.717, 1.165) is 16.8 Å². The number of thioether (sulfide) groups is 1. The Morgan fingerprint density at radius 3 is 2.57 bits per heavy atom. The van der Waals surface area contributed by atoms with Crippen molar-refractivity contribution < 1.29 is 27.5 Å². The summed E-state index contributed by atoms with van der Waals surface area (Å²) in [6.45, 7) is 6.27. The average molecular weight is 625 g/mol. The van der Waals surface area contributed by atoms with Crippen molar-refractivity contribution in [1.82, 2.24) is 19.7 Å². The molecule has 11 nitrogen and oxygen atoms in total. The molecule has 2 aromatic heterocycles. The minimum atomic E-state index is -4.77. The predicted octanol–water partition coefficient (Wildman–Crippen LogP) is 6.27. The molecule has 0 saturated carbocycles. The molecule has 4 aromatic rings. The van der Waals surface area contributed by atoms with Crippen LogP contribution in [0.4, 0.5) is 35.2 Å². The summed E-state index contributed by atoms with van der Waals surface area (Å²) in [6.07, 6.45) is -1.81. The SMILES string of the molecule is Cc1ccc(C(C)C)c(N2C(=O)CS/C2=N\C(=O)Nc2ccc(NCc3ncn(-c4ccc(OC(F)(F)F)cc4)n3)cn2)c1. The third kappa shape index (κ3) is 7.53. The second-order valence-electron chi connectivity index (χ2n) is 9.99. The maximum Gasteiger partial charge on any atom is 0.573 e. The zero-order valence-corrected chi connectivity index (χ0v) is 24.6. The van der Waals surface area contributed by atoms with Crippen LogP contribution in [0.25, 0.3) is 5.69 Å². The number of urea groups is 1. The van der Waals surface area contributed by atoms with Crippen molar-refractivity contribution in [2.24, 2.45) is 4.99 Å². The van der Waals surface area contributed by atoms with Crippen LogP contribution in [-0.2, 0) is 11.3 Å².